The summed E-state index contributed by atoms with van der Waals surface area (Å²) in [6, 6.07) is 15.6. The second-order valence-electron chi connectivity index (χ2n) is 5.65. The maximum absolute atomic E-state index is 12.5. The third-order valence-corrected chi connectivity index (χ3v) is 3.99. The van der Waals surface area contributed by atoms with Gasteiger partial charge >= 0.3 is 0 Å². The van der Waals surface area contributed by atoms with Crippen LogP contribution >= 0.6 is 0 Å². The number of hydrogen-bond donors (Lipinski definition) is 1. The normalized spacial score (nSPS) is 11.9. The van der Waals surface area contributed by atoms with Crippen LogP contribution in [0.5, 0.6) is 0 Å². The molecule has 0 saturated heterocycles. The van der Waals surface area contributed by atoms with Gasteiger partial charge in [0.25, 0.3) is 0 Å². The van der Waals surface area contributed by atoms with Gasteiger partial charge in [-0.3, -0.25) is 9.78 Å². The highest BCUT2D eigenvalue weighted by molar-refractivity contribution is 5.83. The zero-order valence-electron chi connectivity index (χ0n) is 13.6. The van der Waals surface area contributed by atoms with E-state index in [1.807, 2.05) is 55.5 Å². The molecule has 1 N–H and O–H groups in total. The van der Waals surface area contributed by atoms with Crippen molar-refractivity contribution in [3.8, 4) is 11.3 Å². The van der Waals surface area contributed by atoms with Crippen molar-refractivity contribution in [1.82, 2.24) is 10.3 Å². The Balaban J connectivity index is 1.67. The molecule has 3 rings (SSSR count). The fourth-order valence-electron chi connectivity index (χ4n) is 2.73. The van der Waals surface area contributed by atoms with Crippen LogP contribution in [0.15, 0.2) is 71.6 Å². The molecular weight excluding hydrogens is 300 g/mol. The molecule has 0 saturated carbocycles. The lowest BCUT2D eigenvalue weighted by Crippen LogP contribution is -2.28. The van der Waals surface area contributed by atoms with E-state index < -0.39 is 0 Å². The Morgan fingerprint density at radius 1 is 1.17 bits per heavy atom. The minimum absolute atomic E-state index is 0.0344. The van der Waals surface area contributed by atoms with E-state index in [1.165, 1.54) is 0 Å². The second kappa shape index (κ2) is 7.59. The van der Waals surface area contributed by atoms with E-state index in [4.69, 9.17) is 4.42 Å². The molecular formula is C20H20N2O2. The van der Waals surface area contributed by atoms with Gasteiger partial charge in [-0.05, 0) is 35.7 Å². The van der Waals surface area contributed by atoms with Crippen LogP contribution in [0.4, 0.5) is 0 Å². The number of rotatable bonds is 6. The lowest BCUT2D eigenvalue weighted by Gasteiger charge is -2.15. The van der Waals surface area contributed by atoms with Crippen LogP contribution in [0.1, 0.15) is 30.4 Å². The van der Waals surface area contributed by atoms with Gasteiger partial charge in [-0.1, -0.05) is 37.3 Å². The smallest absolute Gasteiger partial charge is 0.227 e. The van der Waals surface area contributed by atoms with Crippen LogP contribution in [0, 0.1) is 0 Å². The predicted octanol–water partition coefficient (Wildman–Crippen LogP) is 4.15. The van der Waals surface area contributed by atoms with Crippen molar-refractivity contribution >= 4 is 5.91 Å². The minimum atomic E-state index is -0.132. The molecule has 0 radical (unpaired) electrons. The van der Waals surface area contributed by atoms with Gasteiger partial charge in [0.15, 0.2) is 0 Å². The summed E-state index contributed by atoms with van der Waals surface area (Å²) in [5.41, 5.74) is 2.89. The van der Waals surface area contributed by atoms with Crippen molar-refractivity contribution in [2.75, 3.05) is 0 Å². The highest BCUT2D eigenvalue weighted by Gasteiger charge is 2.18. The van der Waals surface area contributed by atoms with Crippen LogP contribution in [0.25, 0.3) is 11.3 Å². The summed E-state index contributed by atoms with van der Waals surface area (Å²) in [6.45, 7) is 2.47. The SMILES string of the molecule is CC[C@@H](C(=O)NCc1cncc(-c2ccco2)c1)c1ccccc1. The zero-order chi connectivity index (χ0) is 16.8. The third kappa shape index (κ3) is 3.71. The Bertz CT molecular complexity index is 782. The van der Waals surface area contributed by atoms with Gasteiger partial charge in [0.1, 0.15) is 5.76 Å². The Kier molecular flexibility index (Phi) is 5.06. The Labute approximate surface area is 141 Å². The molecule has 0 unspecified atom stereocenters. The van der Waals surface area contributed by atoms with Gasteiger partial charge in [-0.2, -0.15) is 0 Å². The van der Waals surface area contributed by atoms with Gasteiger partial charge in [-0.25, -0.2) is 0 Å². The van der Waals surface area contributed by atoms with Gasteiger partial charge in [0.05, 0.1) is 12.2 Å². The first-order chi connectivity index (χ1) is 11.8. The van der Waals surface area contributed by atoms with Gasteiger partial charge in [0.2, 0.25) is 5.91 Å². The molecule has 3 aromatic rings. The molecule has 2 heterocycles. The highest BCUT2D eigenvalue weighted by atomic mass is 16.3. The first-order valence-electron chi connectivity index (χ1n) is 8.08. The Hall–Kier alpha value is -2.88. The van der Waals surface area contributed by atoms with Crippen molar-refractivity contribution in [2.45, 2.75) is 25.8 Å². The van der Waals surface area contributed by atoms with Crippen LogP contribution < -0.4 is 5.32 Å². The summed E-state index contributed by atoms with van der Waals surface area (Å²) in [5.74, 6) is 0.672. The fraction of sp³-hybridized carbons (Fsp3) is 0.200. The molecule has 0 aliphatic carbocycles. The van der Waals surface area contributed by atoms with Crippen molar-refractivity contribution in [1.29, 1.82) is 0 Å². The van der Waals surface area contributed by atoms with Crippen LogP contribution in [0.3, 0.4) is 0 Å². The summed E-state index contributed by atoms with van der Waals surface area (Å²) in [4.78, 5) is 16.7. The molecule has 24 heavy (non-hydrogen) atoms. The average Bonchev–Trinajstić information content (AvgIpc) is 3.16. The van der Waals surface area contributed by atoms with Crippen molar-refractivity contribution < 1.29 is 9.21 Å². The van der Waals surface area contributed by atoms with Crippen molar-refractivity contribution in [2.24, 2.45) is 0 Å². The molecule has 0 spiro atoms. The molecule has 1 aromatic carbocycles. The standard InChI is InChI=1S/C20H20N2O2/c1-2-18(16-7-4-3-5-8-16)20(23)22-13-15-11-17(14-21-12-15)19-9-6-10-24-19/h3-12,14,18H,2,13H2,1H3,(H,22,23)/t18-/m1/s1. The minimum Gasteiger partial charge on any atom is -0.464 e. The predicted molar refractivity (Wildman–Crippen MR) is 93.3 cm³/mol. The number of nitrogens with zero attached hydrogens (tertiary/aromatic N) is 1. The number of benzene rings is 1. The van der Waals surface area contributed by atoms with Gasteiger partial charge in [0, 0.05) is 24.5 Å². The van der Waals surface area contributed by atoms with E-state index in [9.17, 15) is 4.79 Å². The maximum Gasteiger partial charge on any atom is 0.227 e. The largest absolute Gasteiger partial charge is 0.464 e. The van der Waals surface area contributed by atoms with Crippen molar-refractivity contribution in [3.05, 3.63) is 78.3 Å². The van der Waals surface area contributed by atoms with E-state index in [0.717, 1.165) is 28.9 Å². The summed E-state index contributed by atoms with van der Waals surface area (Å²) in [5, 5.41) is 3.01. The van der Waals surface area contributed by atoms with E-state index in [1.54, 1.807) is 18.7 Å². The molecule has 4 heteroatoms. The number of furan rings is 1. The maximum atomic E-state index is 12.5. The van der Waals surface area contributed by atoms with E-state index in [0.29, 0.717) is 6.54 Å². The molecule has 0 bridgehead atoms. The molecule has 1 amide bonds. The van der Waals surface area contributed by atoms with Crippen molar-refractivity contribution in [3.63, 3.8) is 0 Å². The summed E-state index contributed by atoms with van der Waals surface area (Å²) in [7, 11) is 0. The summed E-state index contributed by atoms with van der Waals surface area (Å²) >= 11 is 0. The van der Waals surface area contributed by atoms with Gasteiger partial charge < -0.3 is 9.73 Å². The molecule has 0 aliphatic rings. The number of carbonyl (C=O) groups is 1. The first kappa shape index (κ1) is 16.0. The number of nitrogens with one attached hydrogen (secondary N) is 1. The number of amides is 1. The van der Waals surface area contributed by atoms with Crippen LogP contribution in [-0.4, -0.2) is 10.9 Å². The number of aromatic nitrogens is 1. The average molecular weight is 320 g/mol. The van der Waals surface area contributed by atoms with E-state index >= 15 is 0 Å². The quantitative estimate of drug-likeness (QED) is 0.742. The van der Waals surface area contributed by atoms with Crippen LogP contribution in [-0.2, 0) is 11.3 Å². The number of pyridine rings is 1. The summed E-state index contributed by atoms with van der Waals surface area (Å²) < 4.78 is 5.39. The summed E-state index contributed by atoms with van der Waals surface area (Å²) in [6.07, 6.45) is 5.91. The molecule has 0 fully saturated rings. The Morgan fingerprint density at radius 2 is 2.00 bits per heavy atom. The van der Waals surface area contributed by atoms with E-state index in [-0.39, 0.29) is 11.8 Å². The zero-order valence-corrected chi connectivity index (χ0v) is 13.6. The topological polar surface area (TPSA) is 55.1 Å². The first-order valence-corrected chi connectivity index (χ1v) is 8.08. The number of hydrogen-bond acceptors (Lipinski definition) is 3. The highest BCUT2D eigenvalue weighted by Crippen LogP contribution is 2.21. The fourth-order valence-corrected chi connectivity index (χ4v) is 2.73. The monoisotopic (exact) mass is 320 g/mol. The lowest BCUT2D eigenvalue weighted by atomic mass is 9.95. The Morgan fingerprint density at radius 3 is 2.71 bits per heavy atom. The van der Waals surface area contributed by atoms with E-state index in [2.05, 4.69) is 10.3 Å². The molecule has 4 nitrogen and oxygen atoms in total. The second-order valence-corrected chi connectivity index (χ2v) is 5.65. The molecule has 2 aromatic heterocycles. The molecule has 1 atom stereocenters. The molecule has 122 valence electrons. The lowest BCUT2D eigenvalue weighted by molar-refractivity contribution is -0.122. The molecule has 0 aliphatic heterocycles. The van der Waals surface area contributed by atoms with Gasteiger partial charge in [-0.15, -0.1) is 0 Å². The number of carbonyl (C=O) groups excluding carboxylic acids is 1. The third-order valence-electron chi connectivity index (χ3n) is 3.99. The van der Waals surface area contributed by atoms with Crippen LogP contribution in [0.2, 0.25) is 0 Å².